The first-order valence-corrected chi connectivity index (χ1v) is 8.38. The first-order chi connectivity index (χ1) is 12.1. The van der Waals surface area contributed by atoms with E-state index in [9.17, 15) is 0 Å². The fourth-order valence-electron chi connectivity index (χ4n) is 3.07. The molecule has 0 atom stereocenters. The molecule has 2 heterocycles. The summed E-state index contributed by atoms with van der Waals surface area (Å²) in [6, 6.07) is 20.6. The summed E-state index contributed by atoms with van der Waals surface area (Å²) in [5.41, 5.74) is 7.27. The number of aromatic nitrogens is 3. The van der Waals surface area contributed by atoms with Crippen molar-refractivity contribution in [2.75, 3.05) is 5.32 Å². The molecule has 2 aromatic carbocycles. The summed E-state index contributed by atoms with van der Waals surface area (Å²) in [6.45, 7) is 6.19. The second-order valence-corrected chi connectivity index (χ2v) is 6.35. The van der Waals surface area contributed by atoms with Gasteiger partial charge >= 0.3 is 0 Å². The predicted molar refractivity (Wildman–Crippen MR) is 102 cm³/mol. The zero-order valence-electron chi connectivity index (χ0n) is 14.6. The summed E-state index contributed by atoms with van der Waals surface area (Å²) < 4.78 is 1.90. The summed E-state index contributed by atoms with van der Waals surface area (Å²) in [7, 11) is 0. The maximum atomic E-state index is 4.85. The Labute approximate surface area is 147 Å². The predicted octanol–water partition coefficient (Wildman–Crippen LogP) is 5.07. The van der Waals surface area contributed by atoms with E-state index in [2.05, 4.69) is 43.4 Å². The number of hydrogen-bond donors (Lipinski definition) is 1. The van der Waals surface area contributed by atoms with Crippen LogP contribution in [-0.2, 0) is 0 Å². The standard InChI is InChI=1S/C21H20N4/c1-14-8-7-9-17(12-14)20-16(3)21-22-15(2)13-19(25(21)24-20)23-18-10-5-4-6-11-18/h4-13,23H,1-3H3. The number of anilines is 2. The Morgan fingerprint density at radius 3 is 2.44 bits per heavy atom. The van der Waals surface area contributed by atoms with Crippen LogP contribution in [0.4, 0.5) is 11.5 Å². The number of hydrogen-bond acceptors (Lipinski definition) is 3. The maximum absolute atomic E-state index is 4.85. The van der Waals surface area contributed by atoms with Crippen molar-refractivity contribution in [1.29, 1.82) is 0 Å². The number of para-hydroxylation sites is 1. The Balaban J connectivity index is 1.89. The minimum absolute atomic E-state index is 0.884. The minimum Gasteiger partial charge on any atom is -0.340 e. The van der Waals surface area contributed by atoms with Crippen molar-refractivity contribution in [1.82, 2.24) is 14.6 Å². The molecule has 0 bridgehead atoms. The molecule has 0 spiro atoms. The van der Waals surface area contributed by atoms with E-state index in [4.69, 9.17) is 10.1 Å². The summed E-state index contributed by atoms with van der Waals surface area (Å²) in [6.07, 6.45) is 0. The van der Waals surface area contributed by atoms with Crippen molar-refractivity contribution in [3.05, 3.63) is 77.5 Å². The molecule has 0 saturated carbocycles. The number of fused-ring (bicyclic) bond motifs is 1. The number of rotatable bonds is 3. The summed E-state index contributed by atoms with van der Waals surface area (Å²) >= 11 is 0. The van der Waals surface area contributed by atoms with Gasteiger partial charge in [-0.3, -0.25) is 0 Å². The highest BCUT2D eigenvalue weighted by atomic mass is 15.3. The Morgan fingerprint density at radius 2 is 1.68 bits per heavy atom. The fraction of sp³-hybridized carbons (Fsp3) is 0.143. The fourth-order valence-corrected chi connectivity index (χ4v) is 3.07. The van der Waals surface area contributed by atoms with Gasteiger partial charge in [0.2, 0.25) is 0 Å². The van der Waals surface area contributed by atoms with E-state index < -0.39 is 0 Å². The van der Waals surface area contributed by atoms with Crippen LogP contribution in [0.1, 0.15) is 16.8 Å². The Kier molecular flexibility index (Phi) is 3.73. The van der Waals surface area contributed by atoms with Crippen LogP contribution in [0.3, 0.4) is 0 Å². The molecule has 0 aliphatic rings. The molecular formula is C21H20N4. The number of benzene rings is 2. The molecule has 0 aliphatic carbocycles. The van der Waals surface area contributed by atoms with E-state index in [-0.39, 0.29) is 0 Å². The molecule has 0 unspecified atom stereocenters. The first kappa shape index (κ1) is 15.4. The van der Waals surface area contributed by atoms with Crippen LogP contribution >= 0.6 is 0 Å². The van der Waals surface area contributed by atoms with Crippen molar-refractivity contribution >= 4 is 17.2 Å². The first-order valence-electron chi connectivity index (χ1n) is 8.38. The molecule has 0 aliphatic heterocycles. The van der Waals surface area contributed by atoms with Gasteiger partial charge in [-0.15, -0.1) is 0 Å². The van der Waals surface area contributed by atoms with Crippen LogP contribution in [-0.4, -0.2) is 14.6 Å². The number of nitrogens with zero attached hydrogens (tertiary/aromatic N) is 3. The Morgan fingerprint density at radius 1 is 0.880 bits per heavy atom. The van der Waals surface area contributed by atoms with Gasteiger partial charge in [0.1, 0.15) is 5.82 Å². The lowest BCUT2D eigenvalue weighted by Crippen LogP contribution is -2.02. The lowest BCUT2D eigenvalue weighted by Gasteiger charge is -2.09. The van der Waals surface area contributed by atoms with Crippen LogP contribution in [0, 0.1) is 20.8 Å². The van der Waals surface area contributed by atoms with Crippen molar-refractivity contribution in [3.8, 4) is 11.3 Å². The Hall–Kier alpha value is -3.14. The normalized spacial score (nSPS) is 11.0. The SMILES string of the molecule is Cc1cccc(-c2nn3c(Nc4ccccc4)cc(C)nc3c2C)c1. The molecule has 4 heteroatoms. The average Bonchev–Trinajstić information content (AvgIpc) is 2.93. The van der Waals surface area contributed by atoms with Gasteiger partial charge in [0.15, 0.2) is 5.65 Å². The van der Waals surface area contributed by atoms with Crippen LogP contribution in [0.2, 0.25) is 0 Å². The van der Waals surface area contributed by atoms with E-state index in [0.29, 0.717) is 0 Å². The van der Waals surface area contributed by atoms with Gasteiger partial charge in [0, 0.05) is 28.6 Å². The summed E-state index contributed by atoms with van der Waals surface area (Å²) in [5, 5.41) is 8.30. The van der Waals surface area contributed by atoms with Gasteiger partial charge < -0.3 is 5.32 Å². The molecule has 0 amide bonds. The van der Waals surface area contributed by atoms with Crippen molar-refractivity contribution < 1.29 is 0 Å². The molecular weight excluding hydrogens is 308 g/mol. The molecule has 124 valence electrons. The highest BCUT2D eigenvalue weighted by molar-refractivity contribution is 5.73. The summed E-state index contributed by atoms with van der Waals surface area (Å²) in [5.74, 6) is 0.913. The van der Waals surface area contributed by atoms with Gasteiger partial charge in [0.05, 0.1) is 5.69 Å². The van der Waals surface area contributed by atoms with E-state index >= 15 is 0 Å². The summed E-state index contributed by atoms with van der Waals surface area (Å²) in [4.78, 5) is 4.71. The number of nitrogens with one attached hydrogen (secondary N) is 1. The molecule has 4 nitrogen and oxygen atoms in total. The lowest BCUT2D eigenvalue weighted by molar-refractivity contribution is 0.941. The average molecular weight is 328 g/mol. The highest BCUT2D eigenvalue weighted by Crippen LogP contribution is 2.28. The monoisotopic (exact) mass is 328 g/mol. The van der Waals surface area contributed by atoms with Crippen molar-refractivity contribution in [2.24, 2.45) is 0 Å². The zero-order chi connectivity index (χ0) is 17.4. The molecule has 4 aromatic rings. The minimum atomic E-state index is 0.884. The molecule has 4 rings (SSSR count). The van der Waals surface area contributed by atoms with Crippen molar-refractivity contribution in [2.45, 2.75) is 20.8 Å². The lowest BCUT2D eigenvalue weighted by atomic mass is 10.1. The maximum Gasteiger partial charge on any atom is 0.161 e. The van der Waals surface area contributed by atoms with Crippen LogP contribution < -0.4 is 5.32 Å². The third kappa shape index (κ3) is 2.87. The van der Waals surface area contributed by atoms with Crippen LogP contribution in [0.5, 0.6) is 0 Å². The molecule has 0 saturated heterocycles. The quantitative estimate of drug-likeness (QED) is 0.571. The highest BCUT2D eigenvalue weighted by Gasteiger charge is 2.15. The van der Waals surface area contributed by atoms with Gasteiger partial charge in [-0.05, 0) is 39.0 Å². The molecule has 0 radical (unpaired) electrons. The van der Waals surface area contributed by atoms with Crippen LogP contribution in [0.15, 0.2) is 60.7 Å². The van der Waals surface area contributed by atoms with Gasteiger partial charge in [0.25, 0.3) is 0 Å². The second-order valence-electron chi connectivity index (χ2n) is 6.35. The van der Waals surface area contributed by atoms with E-state index in [1.165, 1.54) is 5.56 Å². The topological polar surface area (TPSA) is 42.2 Å². The Bertz CT molecular complexity index is 1050. The third-order valence-electron chi connectivity index (χ3n) is 4.28. The third-order valence-corrected chi connectivity index (χ3v) is 4.28. The van der Waals surface area contributed by atoms with Gasteiger partial charge in [-0.2, -0.15) is 9.61 Å². The van der Waals surface area contributed by atoms with E-state index in [1.54, 1.807) is 0 Å². The molecule has 2 aromatic heterocycles. The molecule has 1 N–H and O–H groups in total. The molecule has 25 heavy (non-hydrogen) atoms. The second kappa shape index (κ2) is 6.06. The number of aryl methyl sites for hydroxylation is 3. The smallest absolute Gasteiger partial charge is 0.161 e. The van der Waals surface area contributed by atoms with Crippen molar-refractivity contribution in [3.63, 3.8) is 0 Å². The van der Waals surface area contributed by atoms with E-state index in [0.717, 1.165) is 39.7 Å². The largest absolute Gasteiger partial charge is 0.340 e. The van der Waals surface area contributed by atoms with Gasteiger partial charge in [-0.1, -0.05) is 42.0 Å². The van der Waals surface area contributed by atoms with E-state index in [1.807, 2.05) is 47.8 Å². The zero-order valence-corrected chi connectivity index (χ0v) is 14.6. The molecule has 0 fully saturated rings. The van der Waals surface area contributed by atoms with Gasteiger partial charge in [-0.25, -0.2) is 4.98 Å². The van der Waals surface area contributed by atoms with Crippen LogP contribution in [0.25, 0.3) is 16.9 Å².